The Hall–Kier alpha value is -3.36. The third kappa shape index (κ3) is 5.58. The summed E-state index contributed by atoms with van der Waals surface area (Å²) in [6.45, 7) is 0.129. The summed E-state index contributed by atoms with van der Waals surface area (Å²) in [5, 5.41) is 3.13. The third-order valence-corrected chi connectivity index (χ3v) is 7.48. The zero-order valence-corrected chi connectivity index (χ0v) is 19.8. The molecule has 0 saturated carbocycles. The second-order valence-electron chi connectivity index (χ2n) is 7.77. The van der Waals surface area contributed by atoms with Crippen LogP contribution in [0, 0.1) is 0 Å². The molecule has 0 radical (unpaired) electrons. The Balaban J connectivity index is 1.23. The maximum Gasteiger partial charge on any atom is 0.257 e. The van der Waals surface area contributed by atoms with E-state index in [0.717, 1.165) is 5.56 Å². The first kappa shape index (κ1) is 23.8. The highest BCUT2D eigenvalue weighted by Crippen LogP contribution is 2.29. The second-order valence-corrected chi connectivity index (χ2v) is 10.2. The maximum atomic E-state index is 12.7. The Bertz CT molecular complexity index is 1290. The summed E-state index contributed by atoms with van der Waals surface area (Å²) >= 11 is 5.85. The first-order valence-corrected chi connectivity index (χ1v) is 12.7. The molecule has 1 aliphatic heterocycles. The minimum atomic E-state index is -3.54. The van der Waals surface area contributed by atoms with Gasteiger partial charge in [-0.1, -0.05) is 29.8 Å². The lowest BCUT2D eigenvalue weighted by molar-refractivity contribution is -0.122. The number of carbonyl (C=O) groups is 2. The van der Waals surface area contributed by atoms with E-state index in [2.05, 4.69) is 5.32 Å². The summed E-state index contributed by atoms with van der Waals surface area (Å²) in [6, 6.07) is 20.5. The van der Waals surface area contributed by atoms with Crippen LogP contribution in [0.4, 0.5) is 5.69 Å². The SMILES string of the molecule is O=C(COc1ccc(C(=O)c2ccc(Cl)cc2)cc1)NCCS(=O)(=O)N1CCc2ccccc21. The van der Waals surface area contributed by atoms with Gasteiger partial charge < -0.3 is 10.1 Å². The number of carbonyl (C=O) groups excluding carboxylic acids is 2. The van der Waals surface area contributed by atoms with E-state index in [4.69, 9.17) is 16.3 Å². The summed E-state index contributed by atoms with van der Waals surface area (Å²) in [6.07, 6.45) is 0.680. The summed E-state index contributed by atoms with van der Waals surface area (Å²) in [4.78, 5) is 24.6. The quantitative estimate of drug-likeness (QED) is 0.456. The molecule has 0 aliphatic carbocycles. The molecule has 3 aromatic carbocycles. The van der Waals surface area contributed by atoms with Crippen LogP contribution in [0.1, 0.15) is 21.5 Å². The van der Waals surface area contributed by atoms with Gasteiger partial charge in [0, 0.05) is 29.2 Å². The van der Waals surface area contributed by atoms with Gasteiger partial charge in [-0.25, -0.2) is 8.42 Å². The average molecular weight is 499 g/mol. The van der Waals surface area contributed by atoms with Gasteiger partial charge in [0.05, 0.1) is 11.4 Å². The van der Waals surface area contributed by atoms with Crippen LogP contribution in [0.2, 0.25) is 5.02 Å². The van der Waals surface area contributed by atoms with Crippen molar-refractivity contribution >= 4 is 39.0 Å². The minimum absolute atomic E-state index is 0.0161. The lowest BCUT2D eigenvalue weighted by Crippen LogP contribution is -2.38. The summed E-state index contributed by atoms with van der Waals surface area (Å²) in [5.41, 5.74) is 2.71. The molecule has 1 amide bonds. The lowest BCUT2D eigenvalue weighted by atomic mass is 10.0. The molecule has 4 rings (SSSR count). The van der Waals surface area contributed by atoms with E-state index >= 15 is 0 Å². The molecule has 0 saturated heterocycles. The monoisotopic (exact) mass is 498 g/mol. The van der Waals surface area contributed by atoms with Crippen molar-refractivity contribution < 1.29 is 22.7 Å². The van der Waals surface area contributed by atoms with Crippen LogP contribution < -0.4 is 14.4 Å². The first-order valence-electron chi connectivity index (χ1n) is 10.7. The van der Waals surface area contributed by atoms with Gasteiger partial charge in [0.25, 0.3) is 5.91 Å². The Morgan fingerprint density at radius 3 is 2.29 bits per heavy atom. The molecule has 1 aliphatic rings. The molecule has 0 spiro atoms. The Morgan fingerprint density at radius 1 is 0.941 bits per heavy atom. The number of amides is 1. The average Bonchev–Trinajstić information content (AvgIpc) is 3.28. The predicted molar refractivity (Wildman–Crippen MR) is 131 cm³/mol. The van der Waals surface area contributed by atoms with Crippen molar-refractivity contribution in [2.75, 3.05) is 29.8 Å². The fourth-order valence-electron chi connectivity index (χ4n) is 3.70. The fraction of sp³-hybridized carbons (Fsp3) is 0.200. The van der Waals surface area contributed by atoms with Gasteiger partial charge in [0.2, 0.25) is 10.0 Å². The highest BCUT2D eigenvalue weighted by molar-refractivity contribution is 7.92. The van der Waals surface area contributed by atoms with Crippen LogP contribution in [-0.2, 0) is 21.2 Å². The summed E-state index contributed by atoms with van der Waals surface area (Å²) < 4.78 is 32.2. The van der Waals surface area contributed by atoms with Crippen LogP contribution in [0.15, 0.2) is 72.8 Å². The van der Waals surface area contributed by atoms with Gasteiger partial charge in [0.15, 0.2) is 12.4 Å². The molecular formula is C25H23ClN2O5S. The normalized spacial score (nSPS) is 12.8. The molecule has 0 atom stereocenters. The first-order chi connectivity index (χ1) is 16.3. The van der Waals surface area contributed by atoms with Crippen molar-refractivity contribution in [1.82, 2.24) is 5.32 Å². The van der Waals surface area contributed by atoms with Crippen molar-refractivity contribution in [3.8, 4) is 5.75 Å². The number of para-hydroxylation sites is 1. The Kier molecular flexibility index (Phi) is 7.19. The standard InChI is InChI=1S/C25H23ClN2O5S/c26-21-9-5-19(6-10-21)25(30)20-7-11-22(12-8-20)33-17-24(29)27-14-16-34(31,32)28-15-13-18-3-1-2-4-23(18)28/h1-12H,13-17H2,(H,27,29). The van der Waals surface area contributed by atoms with Crippen molar-refractivity contribution in [2.45, 2.75) is 6.42 Å². The van der Waals surface area contributed by atoms with E-state index in [1.54, 1.807) is 54.6 Å². The van der Waals surface area contributed by atoms with Crippen LogP contribution in [0.3, 0.4) is 0 Å². The number of hydrogen-bond donors (Lipinski definition) is 1. The van der Waals surface area contributed by atoms with Crippen LogP contribution >= 0.6 is 11.6 Å². The number of hydrogen-bond acceptors (Lipinski definition) is 5. The molecule has 34 heavy (non-hydrogen) atoms. The molecule has 7 nitrogen and oxygen atoms in total. The van der Waals surface area contributed by atoms with Crippen LogP contribution in [0.5, 0.6) is 5.75 Å². The second kappa shape index (κ2) is 10.3. The Labute approximate surface area is 203 Å². The largest absolute Gasteiger partial charge is 0.484 e. The highest BCUT2D eigenvalue weighted by atomic mass is 35.5. The number of fused-ring (bicyclic) bond motifs is 1. The van der Waals surface area contributed by atoms with E-state index in [0.29, 0.717) is 40.6 Å². The number of nitrogens with one attached hydrogen (secondary N) is 1. The molecule has 0 fully saturated rings. The Morgan fingerprint density at radius 2 is 1.59 bits per heavy atom. The van der Waals surface area contributed by atoms with E-state index in [1.807, 2.05) is 18.2 Å². The highest BCUT2D eigenvalue weighted by Gasteiger charge is 2.28. The van der Waals surface area contributed by atoms with E-state index in [9.17, 15) is 18.0 Å². The van der Waals surface area contributed by atoms with E-state index in [-0.39, 0.29) is 24.7 Å². The van der Waals surface area contributed by atoms with E-state index in [1.165, 1.54) is 4.31 Å². The van der Waals surface area contributed by atoms with E-state index < -0.39 is 15.9 Å². The number of nitrogens with zero attached hydrogens (tertiary/aromatic N) is 1. The number of anilines is 1. The zero-order chi connectivity index (χ0) is 24.1. The van der Waals surface area contributed by atoms with Crippen molar-refractivity contribution in [3.63, 3.8) is 0 Å². The molecule has 3 aromatic rings. The van der Waals surface area contributed by atoms with Crippen LogP contribution in [-0.4, -0.2) is 45.6 Å². The molecule has 1 heterocycles. The molecular weight excluding hydrogens is 476 g/mol. The number of ether oxygens (including phenoxy) is 1. The van der Waals surface area contributed by atoms with Gasteiger partial charge >= 0.3 is 0 Å². The predicted octanol–water partition coefficient (Wildman–Crippen LogP) is 3.46. The maximum absolute atomic E-state index is 12.7. The number of ketones is 1. The summed E-state index contributed by atoms with van der Waals surface area (Å²) in [5.74, 6) is -0.362. The molecule has 0 unspecified atom stereocenters. The van der Waals surface area contributed by atoms with Gasteiger partial charge in [-0.15, -0.1) is 0 Å². The fourth-order valence-corrected chi connectivity index (χ4v) is 5.25. The van der Waals surface area contributed by atoms with Crippen molar-refractivity contribution in [1.29, 1.82) is 0 Å². The smallest absolute Gasteiger partial charge is 0.257 e. The van der Waals surface area contributed by atoms with Gasteiger partial charge in [0.1, 0.15) is 5.75 Å². The van der Waals surface area contributed by atoms with Gasteiger partial charge in [-0.05, 0) is 66.6 Å². The molecule has 1 N–H and O–H groups in total. The van der Waals surface area contributed by atoms with Gasteiger partial charge in [-0.2, -0.15) is 0 Å². The molecule has 0 bridgehead atoms. The van der Waals surface area contributed by atoms with Gasteiger partial charge in [-0.3, -0.25) is 13.9 Å². The molecule has 9 heteroatoms. The number of benzene rings is 3. The number of sulfonamides is 1. The topological polar surface area (TPSA) is 92.8 Å². The minimum Gasteiger partial charge on any atom is -0.484 e. The molecule has 176 valence electrons. The summed E-state index contributed by atoms with van der Waals surface area (Å²) in [7, 11) is -3.54. The number of rotatable bonds is 9. The number of halogens is 1. The molecule has 0 aromatic heterocycles. The third-order valence-electron chi connectivity index (χ3n) is 5.46. The van der Waals surface area contributed by atoms with Crippen molar-refractivity contribution in [2.24, 2.45) is 0 Å². The van der Waals surface area contributed by atoms with Crippen molar-refractivity contribution in [3.05, 3.63) is 94.5 Å². The zero-order valence-electron chi connectivity index (χ0n) is 18.2. The van der Waals surface area contributed by atoms with Crippen LogP contribution in [0.25, 0.3) is 0 Å². The lowest BCUT2D eigenvalue weighted by Gasteiger charge is -2.19.